The molecule has 0 atom stereocenters. The SMILES string of the molecule is O=C(CCCCCCc1ccccn1)c1ncc(-c2ccccn2)o1. The van der Waals surface area contributed by atoms with E-state index in [9.17, 15) is 4.79 Å². The third-order valence-electron chi connectivity index (χ3n) is 3.97. The van der Waals surface area contributed by atoms with E-state index in [0.29, 0.717) is 17.9 Å². The van der Waals surface area contributed by atoms with Gasteiger partial charge in [0.25, 0.3) is 5.89 Å². The zero-order valence-electron chi connectivity index (χ0n) is 14.1. The van der Waals surface area contributed by atoms with E-state index in [1.165, 1.54) is 0 Å². The second-order valence-electron chi connectivity index (χ2n) is 5.90. The summed E-state index contributed by atoms with van der Waals surface area (Å²) in [4.78, 5) is 24.7. The molecule has 0 unspecified atom stereocenters. The van der Waals surface area contributed by atoms with Gasteiger partial charge in [-0.2, -0.15) is 0 Å². The fourth-order valence-electron chi connectivity index (χ4n) is 2.63. The molecule has 5 heteroatoms. The van der Waals surface area contributed by atoms with Crippen molar-refractivity contribution in [3.63, 3.8) is 0 Å². The summed E-state index contributed by atoms with van der Waals surface area (Å²) in [6.45, 7) is 0. The maximum atomic E-state index is 12.2. The molecule has 3 heterocycles. The first-order valence-electron chi connectivity index (χ1n) is 8.63. The molecule has 0 amide bonds. The van der Waals surface area contributed by atoms with Gasteiger partial charge in [-0.15, -0.1) is 0 Å². The second-order valence-corrected chi connectivity index (χ2v) is 5.90. The molecule has 128 valence electrons. The van der Waals surface area contributed by atoms with Gasteiger partial charge in [-0.3, -0.25) is 14.8 Å². The van der Waals surface area contributed by atoms with Crippen molar-refractivity contribution in [1.82, 2.24) is 15.0 Å². The number of nitrogens with zero attached hydrogens (tertiary/aromatic N) is 3. The first kappa shape index (κ1) is 17.0. The second kappa shape index (κ2) is 8.87. The predicted molar refractivity (Wildman–Crippen MR) is 95.1 cm³/mol. The van der Waals surface area contributed by atoms with Crippen LogP contribution in [0.25, 0.3) is 11.5 Å². The number of oxazole rings is 1. The normalized spacial score (nSPS) is 10.7. The third kappa shape index (κ3) is 5.08. The van der Waals surface area contributed by atoms with Crippen molar-refractivity contribution in [2.24, 2.45) is 0 Å². The molecule has 25 heavy (non-hydrogen) atoms. The Hall–Kier alpha value is -2.82. The summed E-state index contributed by atoms with van der Waals surface area (Å²) in [5, 5.41) is 0. The Morgan fingerprint density at radius 1 is 0.880 bits per heavy atom. The average molecular weight is 335 g/mol. The summed E-state index contributed by atoms with van der Waals surface area (Å²) in [6.07, 6.45) is 10.6. The van der Waals surface area contributed by atoms with Gasteiger partial charge in [-0.05, 0) is 43.5 Å². The molecule has 0 aliphatic heterocycles. The highest BCUT2D eigenvalue weighted by Gasteiger charge is 2.14. The molecule has 0 N–H and O–H groups in total. The number of aryl methyl sites for hydroxylation is 1. The zero-order valence-corrected chi connectivity index (χ0v) is 14.1. The number of Topliss-reactive ketones (excluding diaryl/α,β-unsaturated/α-hetero) is 1. The number of hydrogen-bond acceptors (Lipinski definition) is 5. The van der Waals surface area contributed by atoms with Gasteiger partial charge in [-0.25, -0.2) is 4.98 Å². The first-order valence-corrected chi connectivity index (χ1v) is 8.63. The summed E-state index contributed by atoms with van der Waals surface area (Å²) in [7, 11) is 0. The summed E-state index contributed by atoms with van der Waals surface area (Å²) in [6, 6.07) is 11.5. The van der Waals surface area contributed by atoms with Crippen LogP contribution >= 0.6 is 0 Å². The lowest BCUT2D eigenvalue weighted by Crippen LogP contribution is -1.99. The van der Waals surface area contributed by atoms with Crippen LogP contribution < -0.4 is 0 Å². The number of carbonyl (C=O) groups is 1. The number of ketones is 1. The van der Waals surface area contributed by atoms with Gasteiger partial charge in [0.15, 0.2) is 5.76 Å². The molecule has 0 aliphatic carbocycles. The molecule has 0 saturated carbocycles. The summed E-state index contributed by atoms with van der Waals surface area (Å²) in [5.41, 5.74) is 1.81. The van der Waals surface area contributed by atoms with Crippen LogP contribution in [0.1, 0.15) is 48.5 Å². The lowest BCUT2D eigenvalue weighted by atomic mass is 10.1. The van der Waals surface area contributed by atoms with Crippen molar-refractivity contribution in [3.8, 4) is 11.5 Å². The first-order chi connectivity index (χ1) is 12.3. The third-order valence-corrected chi connectivity index (χ3v) is 3.97. The number of unbranched alkanes of at least 4 members (excludes halogenated alkanes) is 3. The van der Waals surface area contributed by atoms with E-state index in [-0.39, 0.29) is 11.7 Å². The summed E-state index contributed by atoms with van der Waals surface area (Å²) >= 11 is 0. The highest BCUT2D eigenvalue weighted by molar-refractivity contribution is 5.91. The predicted octanol–water partition coefficient (Wildman–Crippen LogP) is 4.51. The maximum absolute atomic E-state index is 12.2. The minimum Gasteiger partial charge on any atom is -0.432 e. The molecule has 0 aromatic carbocycles. The Kier molecular flexibility index (Phi) is 6.04. The monoisotopic (exact) mass is 335 g/mol. The quantitative estimate of drug-likeness (QED) is 0.425. The molecule has 0 bridgehead atoms. The van der Waals surface area contributed by atoms with Gasteiger partial charge in [0, 0.05) is 24.5 Å². The van der Waals surface area contributed by atoms with E-state index in [4.69, 9.17) is 4.42 Å². The minimum atomic E-state index is -0.0492. The van der Waals surface area contributed by atoms with Crippen LogP contribution in [0.5, 0.6) is 0 Å². The van der Waals surface area contributed by atoms with Gasteiger partial charge in [-0.1, -0.05) is 25.0 Å². The lowest BCUT2D eigenvalue weighted by Gasteiger charge is -2.01. The molecule has 3 rings (SSSR count). The number of pyridine rings is 2. The van der Waals surface area contributed by atoms with E-state index in [0.717, 1.165) is 37.8 Å². The van der Waals surface area contributed by atoms with Crippen LogP contribution in [0.15, 0.2) is 59.4 Å². The van der Waals surface area contributed by atoms with Gasteiger partial charge in [0.1, 0.15) is 5.69 Å². The van der Waals surface area contributed by atoms with Crippen LogP contribution in [0.2, 0.25) is 0 Å². The number of rotatable bonds is 9. The highest BCUT2D eigenvalue weighted by Crippen LogP contribution is 2.19. The van der Waals surface area contributed by atoms with Crippen molar-refractivity contribution >= 4 is 5.78 Å². The molecule has 0 fully saturated rings. The van der Waals surface area contributed by atoms with Gasteiger partial charge >= 0.3 is 0 Å². The van der Waals surface area contributed by atoms with E-state index >= 15 is 0 Å². The Morgan fingerprint density at radius 2 is 1.68 bits per heavy atom. The van der Waals surface area contributed by atoms with Crippen molar-refractivity contribution in [2.45, 2.75) is 38.5 Å². The Balaban J connectivity index is 1.37. The largest absolute Gasteiger partial charge is 0.432 e. The molecular weight excluding hydrogens is 314 g/mol. The number of aromatic nitrogens is 3. The molecule has 3 aromatic heterocycles. The van der Waals surface area contributed by atoms with Crippen molar-refractivity contribution in [2.75, 3.05) is 0 Å². The maximum Gasteiger partial charge on any atom is 0.263 e. The standard InChI is InChI=1S/C20H21N3O2/c24-18(12-4-2-1-3-9-16-10-5-7-13-21-16)20-23-15-19(25-20)17-11-6-8-14-22-17/h5-8,10-11,13-15H,1-4,9,12H2. The van der Waals surface area contributed by atoms with Crippen molar-refractivity contribution < 1.29 is 9.21 Å². The molecule has 5 nitrogen and oxygen atoms in total. The molecule has 0 spiro atoms. The van der Waals surface area contributed by atoms with Crippen molar-refractivity contribution in [1.29, 1.82) is 0 Å². The number of hydrogen-bond donors (Lipinski definition) is 0. The molecule has 0 radical (unpaired) electrons. The molecule has 0 aliphatic rings. The van der Waals surface area contributed by atoms with Gasteiger partial charge in [0.2, 0.25) is 5.78 Å². The van der Waals surface area contributed by atoms with E-state index in [1.807, 2.05) is 42.6 Å². The fourth-order valence-corrected chi connectivity index (χ4v) is 2.63. The highest BCUT2D eigenvalue weighted by atomic mass is 16.4. The van der Waals surface area contributed by atoms with Gasteiger partial charge in [0.05, 0.1) is 6.20 Å². The fraction of sp³-hybridized carbons (Fsp3) is 0.300. The van der Waals surface area contributed by atoms with E-state index in [2.05, 4.69) is 15.0 Å². The molecule has 3 aromatic rings. The topological polar surface area (TPSA) is 68.9 Å². The minimum absolute atomic E-state index is 0.0492. The van der Waals surface area contributed by atoms with Crippen molar-refractivity contribution in [3.05, 3.63) is 66.6 Å². The van der Waals surface area contributed by atoms with Crippen LogP contribution in [0.4, 0.5) is 0 Å². The van der Waals surface area contributed by atoms with E-state index < -0.39 is 0 Å². The average Bonchev–Trinajstić information content (AvgIpc) is 3.16. The zero-order chi connectivity index (χ0) is 17.3. The van der Waals surface area contributed by atoms with Crippen LogP contribution in [-0.2, 0) is 6.42 Å². The van der Waals surface area contributed by atoms with Gasteiger partial charge < -0.3 is 4.42 Å². The Labute approximate surface area is 147 Å². The van der Waals surface area contributed by atoms with E-state index in [1.54, 1.807) is 12.4 Å². The smallest absolute Gasteiger partial charge is 0.263 e. The molecule has 0 saturated heterocycles. The van der Waals surface area contributed by atoms with Crippen LogP contribution in [0, 0.1) is 0 Å². The Bertz CT molecular complexity index is 785. The van der Waals surface area contributed by atoms with Crippen LogP contribution in [-0.4, -0.2) is 20.7 Å². The number of carbonyl (C=O) groups excluding carboxylic acids is 1. The van der Waals surface area contributed by atoms with Crippen LogP contribution in [0.3, 0.4) is 0 Å². The molecular formula is C20H21N3O2. The Morgan fingerprint density at radius 3 is 2.44 bits per heavy atom. The lowest BCUT2D eigenvalue weighted by molar-refractivity contribution is 0.0946. The summed E-state index contributed by atoms with van der Waals surface area (Å²) in [5.74, 6) is 0.653. The summed E-state index contributed by atoms with van der Waals surface area (Å²) < 4.78 is 5.54.